The van der Waals surface area contributed by atoms with Gasteiger partial charge >= 0.3 is 6.01 Å². The van der Waals surface area contributed by atoms with Gasteiger partial charge in [0.05, 0.1) is 41.4 Å². The normalized spacial score (nSPS) is 18.6. The first-order valence-corrected chi connectivity index (χ1v) is 20.1. The molecule has 4 aromatic rings. The van der Waals surface area contributed by atoms with Crippen LogP contribution in [0.4, 0.5) is 11.5 Å². The summed E-state index contributed by atoms with van der Waals surface area (Å²) in [4.78, 5) is 44.2. The topological polar surface area (TPSA) is 118 Å². The maximum atomic E-state index is 12.7. The van der Waals surface area contributed by atoms with E-state index in [0.717, 1.165) is 82.4 Å². The Balaban J connectivity index is 1.09. The zero-order valence-corrected chi connectivity index (χ0v) is 33.1. The minimum atomic E-state index is -0.282. The van der Waals surface area contributed by atoms with Gasteiger partial charge < -0.3 is 24.8 Å². The molecule has 3 aliphatic heterocycles. The first-order chi connectivity index (χ1) is 26.3. The highest BCUT2D eigenvalue weighted by Gasteiger charge is 2.34. The number of carbonyl (C=O) groups is 2. The summed E-state index contributed by atoms with van der Waals surface area (Å²) in [7, 11) is 0. The Morgan fingerprint density at radius 3 is 2.69 bits per heavy atom. The molecule has 1 aromatic heterocycles. The number of nitriles is 1. The number of hydrogen-bond acceptors (Lipinski definition) is 9. The van der Waals surface area contributed by atoms with Crippen molar-refractivity contribution >= 4 is 68.3 Å². The highest BCUT2D eigenvalue weighted by molar-refractivity contribution is 14.1. The number of likely N-dealkylation sites (tertiary alicyclic amines) is 1. The highest BCUT2D eigenvalue weighted by Crippen LogP contribution is 2.37. The molecule has 4 heterocycles. The summed E-state index contributed by atoms with van der Waals surface area (Å²) in [6.07, 6.45) is 5.18. The van der Waals surface area contributed by atoms with Crippen molar-refractivity contribution in [2.45, 2.75) is 50.7 Å². The molecule has 280 valence electrons. The van der Waals surface area contributed by atoms with Gasteiger partial charge in [0.1, 0.15) is 12.4 Å². The number of aromatic nitrogens is 2. The van der Waals surface area contributed by atoms with E-state index in [-0.39, 0.29) is 30.3 Å². The van der Waals surface area contributed by atoms with Crippen molar-refractivity contribution < 1.29 is 14.3 Å². The number of hydrogen-bond donors (Lipinski definition) is 1. The number of piperazine rings is 1. The van der Waals surface area contributed by atoms with Crippen LogP contribution in [0.25, 0.3) is 10.8 Å². The molecule has 54 heavy (non-hydrogen) atoms. The SMILES string of the molecule is C=CC(=O)N1CCN(c2nc(OC[C@@H]3CCCN3CCCNC(=O)c3ccccc3I)nc3c2CCN(c2cccc4cccc(Cl)c24)C3)C[C@@H]1CC#N. The van der Waals surface area contributed by atoms with E-state index in [1.165, 1.54) is 6.08 Å². The molecular formula is C41H44ClIN8O3. The minimum absolute atomic E-state index is 0.0450. The van der Waals surface area contributed by atoms with E-state index in [0.29, 0.717) is 55.9 Å². The number of halogens is 2. The van der Waals surface area contributed by atoms with Gasteiger partial charge in [-0.1, -0.05) is 54.6 Å². The van der Waals surface area contributed by atoms with E-state index in [2.05, 4.69) is 79.5 Å². The van der Waals surface area contributed by atoms with Crippen LogP contribution in [0.1, 0.15) is 47.3 Å². The number of rotatable bonds is 12. The van der Waals surface area contributed by atoms with Gasteiger partial charge in [-0.3, -0.25) is 14.5 Å². The van der Waals surface area contributed by atoms with Gasteiger partial charge in [-0.2, -0.15) is 15.2 Å². The lowest BCUT2D eigenvalue weighted by atomic mass is 10.0. The average Bonchev–Trinajstić information content (AvgIpc) is 3.65. The summed E-state index contributed by atoms with van der Waals surface area (Å²) in [6, 6.07) is 22.4. The van der Waals surface area contributed by atoms with Crippen LogP contribution in [-0.4, -0.2) is 96.1 Å². The Bertz CT molecular complexity index is 2070. The van der Waals surface area contributed by atoms with E-state index in [9.17, 15) is 14.9 Å². The standard InChI is InChI=1S/C41H44ClIN8O3/c1-2-37(52)51-24-23-50(25-29(51)16-18-44)39-32-17-22-49(36-15-6-10-28-9-5-13-33(42)38(28)36)26-35(32)46-41(47-39)54-27-30-11-7-20-48(30)21-8-19-45-40(53)31-12-3-4-14-34(31)43/h2-6,9-10,12-15,29-30H,1,7-8,11,16-17,19-27H2,(H,45,53)/t29-,30-/m0/s1. The molecule has 0 unspecified atom stereocenters. The third kappa shape index (κ3) is 8.28. The summed E-state index contributed by atoms with van der Waals surface area (Å²) in [5, 5.41) is 15.5. The summed E-state index contributed by atoms with van der Waals surface area (Å²) in [6.45, 7) is 9.40. The van der Waals surface area contributed by atoms with E-state index in [4.69, 9.17) is 26.3 Å². The fourth-order valence-electron chi connectivity index (χ4n) is 7.97. The molecule has 7 rings (SSSR count). The lowest BCUT2D eigenvalue weighted by Crippen LogP contribution is -2.55. The second-order valence-corrected chi connectivity index (χ2v) is 15.5. The predicted molar refractivity (Wildman–Crippen MR) is 220 cm³/mol. The first-order valence-electron chi connectivity index (χ1n) is 18.6. The molecule has 0 radical (unpaired) electrons. The van der Waals surface area contributed by atoms with Gasteiger partial charge in [-0.05, 0) is 90.5 Å². The molecule has 3 aromatic carbocycles. The molecule has 2 amide bonds. The first kappa shape index (κ1) is 37.8. The molecule has 1 N–H and O–H groups in total. The van der Waals surface area contributed by atoms with E-state index in [1.807, 2.05) is 36.4 Å². The Labute approximate surface area is 335 Å². The van der Waals surface area contributed by atoms with Gasteiger partial charge in [0.25, 0.3) is 5.91 Å². The van der Waals surface area contributed by atoms with Crippen molar-refractivity contribution in [2.75, 3.05) is 62.2 Å². The van der Waals surface area contributed by atoms with Crippen LogP contribution in [-0.2, 0) is 17.8 Å². The van der Waals surface area contributed by atoms with Crippen LogP contribution in [0.2, 0.25) is 5.02 Å². The maximum Gasteiger partial charge on any atom is 0.318 e. The fraction of sp³-hybridized carbons (Fsp3) is 0.390. The number of nitrogens with zero attached hydrogens (tertiary/aromatic N) is 7. The van der Waals surface area contributed by atoms with Crippen LogP contribution >= 0.6 is 34.2 Å². The summed E-state index contributed by atoms with van der Waals surface area (Å²) >= 11 is 8.95. The second-order valence-electron chi connectivity index (χ2n) is 14.0. The minimum Gasteiger partial charge on any atom is -0.462 e. The van der Waals surface area contributed by atoms with Crippen molar-refractivity contribution in [2.24, 2.45) is 0 Å². The zero-order chi connectivity index (χ0) is 37.6. The molecule has 0 aliphatic carbocycles. The third-order valence-electron chi connectivity index (χ3n) is 10.7. The molecular weight excluding hydrogens is 815 g/mol. The largest absolute Gasteiger partial charge is 0.462 e. The number of amides is 2. The number of carbonyl (C=O) groups excluding carboxylic acids is 2. The molecule has 0 saturated carbocycles. The van der Waals surface area contributed by atoms with Crippen molar-refractivity contribution in [3.05, 3.63) is 98.7 Å². The van der Waals surface area contributed by atoms with Crippen LogP contribution < -0.4 is 19.9 Å². The quantitative estimate of drug-likeness (QED) is 0.101. The van der Waals surface area contributed by atoms with Crippen LogP contribution in [0.15, 0.2) is 73.3 Å². The molecule has 3 aliphatic rings. The summed E-state index contributed by atoms with van der Waals surface area (Å²) in [5.41, 5.74) is 3.73. The molecule has 2 fully saturated rings. The Morgan fingerprint density at radius 2 is 1.87 bits per heavy atom. The van der Waals surface area contributed by atoms with E-state index >= 15 is 0 Å². The summed E-state index contributed by atoms with van der Waals surface area (Å²) in [5.74, 6) is 0.602. The molecule has 2 saturated heterocycles. The smallest absolute Gasteiger partial charge is 0.318 e. The zero-order valence-electron chi connectivity index (χ0n) is 30.2. The molecule has 2 atom stereocenters. The van der Waals surface area contributed by atoms with Crippen molar-refractivity contribution in [1.29, 1.82) is 5.26 Å². The summed E-state index contributed by atoms with van der Waals surface area (Å²) < 4.78 is 7.42. The third-order valence-corrected chi connectivity index (χ3v) is 11.9. The van der Waals surface area contributed by atoms with Gasteiger partial charge in [-0.25, -0.2) is 0 Å². The average molecular weight is 859 g/mol. The maximum absolute atomic E-state index is 12.7. The fourth-order valence-corrected chi connectivity index (χ4v) is 8.88. The Kier molecular flexibility index (Phi) is 12.2. The molecule has 0 bridgehead atoms. The number of nitrogens with one attached hydrogen (secondary N) is 1. The highest BCUT2D eigenvalue weighted by atomic mass is 127. The lowest BCUT2D eigenvalue weighted by molar-refractivity contribution is -0.128. The number of benzene rings is 3. The Hall–Kier alpha value is -4.45. The monoisotopic (exact) mass is 858 g/mol. The number of ether oxygens (including phenoxy) is 1. The predicted octanol–water partition coefficient (Wildman–Crippen LogP) is 6.23. The second kappa shape index (κ2) is 17.3. The van der Waals surface area contributed by atoms with Crippen LogP contribution in [0.5, 0.6) is 6.01 Å². The van der Waals surface area contributed by atoms with Gasteiger partial charge in [0.2, 0.25) is 5.91 Å². The lowest BCUT2D eigenvalue weighted by Gasteiger charge is -2.42. The van der Waals surface area contributed by atoms with Crippen LogP contribution in [0.3, 0.4) is 0 Å². The number of anilines is 2. The molecule has 11 nitrogen and oxygen atoms in total. The van der Waals surface area contributed by atoms with Gasteiger partial charge in [0, 0.05) is 65.5 Å². The van der Waals surface area contributed by atoms with E-state index in [1.54, 1.807) is 4.90 Å². The molecule has 13 heteroatoms. The Morgan fingerprint density at radius 1 is 1.04 bits per heavy atom. The molecule has 0 spiro atoms. The van der Waals surface area contributed by atoms with Crippen molar-refractivity contribution in [3.8, 4) is 12.1 Å². The van der Waals surface area contributed by atoms with Crippen molar-refractivity contribution in [1.82, 2.24) is 25.1 Å². The van der Waals surface area contributed by atoms with Gasteiger partial charge in [-0.15, -0.1) is 0 Å². The van der Waals surface area contributed by atoms with Gasteiger partial charge in [0.15, 0.2) is 0 Å². The number of fused-ring (bicyclic) bond motifs is 2. The van der Waals surface area contributed by atoms with Crippen molar-refractivity contribution in [3.63, 3.8) is 0 Å². The van der Waals surface area contributed by atoms with E-state index < -0.39 is 0 Å². The van der Waals surface area contributed by atoms with Crippen LogP contribution in [0, 0.1) is 14.9 Å².